The third kappa shape index (κ3) is 3.97. The molecule has 10 nitrogen and oxygen atoms in total. The first-order valence-electron chi connectivity index (χ1n) is 12.2. The van der Waals surface area contributed by atoms with Crippen molar-refractivity contribution in [2.24, 2.45) is 0 Å². The van der Waals surface area contributed by atoms with Gasteiger partial charge in [0, 0.05) is 24.0 Å². The Morgan fingerprint density at radius 2 is 0.900 bits per heavy atom. The summed E-state index contributed by atoms with van der Waals surface area (Å²) >= 11 is 0. The average molecular weight is 542 g/mol. The van der Waals surface area contributed by atoms with E-state index in [0.29, 0.717) is 11.1 Å². The highest BCUT2D eigenvalue weighted by Gasteiger charge is 2.50. The van der Waals surface area contributed by atoms with Crippen LogP contribution in [0.4, 0.5) is 0 Å². The smallest absolute Gasteiger partial charge is 0.207 e. The summed E-state index contributed by atoms with van der Waals surface area (Å²) in [6, 6.07) is 15.9. The van der Waals surface area contributed by atoms with E-state index in [0.717, 1.165) is 0 Å². The Labute approximate surface area is 226 Å². The number of hydrogen-bond donors (Lipinski definition) is 6. The maximum Gasteiger partial charge on any atom is 0.207 e. The maximum atomic E-state index is 13.7. The van der Waals surface area contributed by atoms with E-state index in [1.807, 2.05) is 0 Å². The zero-order chi connectivity index (χ0) is 28.3. The molecule has 0 bridgehead atoms. The van der Waals surface area contributed by atoms with Crippen LogP contribution >= 0.6 is 0 Å². The lowest BCUT2D eigenvalue weighted by atomic mass is 9.72. The minimum atomic E-state index is -1.30. The van der Waals surface area contributed by atoms with Gasteiger partial charge in [0.25, 0.3) is 0 Å². The fraction of sp³-hybridized carbons (Fsp3) is 0.133. The van der Waals surface area contributed by atoms with Gasteiger partial charge < -0.3 is 40.1 Å². The van der Waals surface area contributed by atoms with Gasteiger partial charge in [0.15, 0.2) is 35.2 Å². The summed E-state index contributed by atoms with van der Waals surface area (Å²) in [5.41, 5.74) is 0.960. The minimum Gasteiger partial charge on any atom is -0.508 e. The van der Waals surface area contributed by atoms with Crippen LogP contribution in [0.2, 0.25) is 0 Å². The molecule has 0 aromatic heterocycles. The lowest BCUT2D eigenvalue weighted by Gasteiger charge is -2.34. The summed E-state index contributed by atoms with van der Waals surface area (Å²) in [7, 11) is 0. The van der Waals surface area contributed by atoms with Crippen molar-refractivity contribution < 1.29 is 49.7 Å². The quantitative estimate of drug-likeness (QED) is 0.202. The van der Waals surface area contributed by atoms with E-state index < -0.39 is 58.6 Å². The van der Waals surface area contributed by atoms with Gasteiger partial charge in [0.2, 0.25) is 11.6 Å². The number of carbonyl (C=O) groups excluding carboxylic acids is 2. The monoisotopic (exact) mass is 542 g/mol. The summed E-state index contributed by atoms with van der Waals surface area (Å²) in [6.45, 7) is 0. The number of fused-ring (bicyclic) bond motifs is 2. The molecule has 2 heterocycles. The molecule has 2 aliphatic heterocycles. The Kier molecular flexibility index (Phi) is 5.69. The lowest BCUT2D eigenvalue weighted by molar-refractivity contribution is 0.0662. The zero-order valence-electron chi connectivity index (χ0n) is 20.6. The van der Waals surface area contributed by atoms with Crippen molar-refractivity contribution in [2.75, 3.05) is 0 Å². The van der Waals surface area contributed by atoms with Gasteiger partial charge in [-0.2, -0.15) is 0 Å². The van der Waals surface area contributed by atoms with Gasteiger partial charge in [-0.15, -0.1) is 0 Å². The van der Waals surface area contributed by atoms with Crippen LogP contribution in [-0.4, -0.2) is 54.4 Å². The van der Waals surface area contributed by atoms with E-state index in [-0.39, 0.29) is 34.1 Å². The Morgan fingerprint density at radius 3 is 1.27 bits per heavy atom. The van der Waals surface area contributed by atoms with Crippen LogP contribution < -0.4 is 9.47 Å². The number of phenolic OH excluding ortho intramolecular Hbond substituents is 6. The van der Waals surface area contributed by atoms with Crippen LogP contribution in [0.5, 0.6) is 46.0 Å². The molecule has 4 aromatic rings. The number of ketones is 2. The van der Waals surface area contributed by atoms with Gasteiger partial charge in [-0.3, -0.25) is 9.59 Å². The molecule has 0 saturated carbocycles. The molecule has 2 aliphatic rings. The highest BCUT2D eigenvalue weighted by atomic mass is 16.5. The van der Waals surface area contributed by atoms with Crippen molar-refractivity contribution in [3.05, 3.63) is 95.1 Å². The Bertz CT molecular complexity index is 1570. The number of ether oxygens (including phenoxy) is 2. The average Bonchev–Trinajstić information content (AvgIpc) is 3.41. The Balaban J connectivity index is 1.56. The van der Waals surface area contributed by atoms with Crippen LogP contribution in [0.15, 0.2) is 72.8 Å². The van der Waals surface area contributed by atoms with Crippen LogP contribution in [0.1, 0.15) is 43.7 Å². The number of hydrogen-bond acceptors (Lipinski definition) is 10. The molecule has 10 heteroatoms. The van der Waals surface area contributed by atoms with Crippen LogP contribution in [0.25, 0.3) is 0 Å². The van der Waals surface area contributed by atoms with Crippen molar-refractivity contribution in [3.8, 4) is 46.0 Å². The maximum absolute atomic E-state index is 13.7. The second kappa shape index (κ2) is 9.12. The van der Waals surface area contributed by atoms with E-state index in [1.165, 1.54) is 72.8 Å². The fourth-order valence-corrected chi connectivity index (χ4v) is 5.42. The number of phenols is 6. The molecule has 202 valence electrons. The number of carbonyl (C=O) groups is 2. The summed E-state index contributed by atoms with van der Waals surface area (Å²) < 4.78 is 12.1. The summed E-state index contributed by atoms with van der Waals surface area (Å²) in [4.78, 5) is 27.4. The molecule has 0 fully saturated rings. The van der Waals surface area contributed by atoms with E-state index in [4.69, 9.17) is 9.47 Å². The molecule has 0 radical (unpaired) electrons. The van der Waals surface area contributed by atoms with Crippen molar-refractivity contribution in [2.45, 2.75) is 24.0 Å². The normalized spacial score (nSPS) is 18.9. The van der Waals surface area contributed by atoms with Crippen molar-refractivity contribution in [1.82, 2.24) is 0 Å². The largest absolute Gasteiger partial charge is 0.508 e. The predicted octanol–water partition coefficient (Wildman–Crippen LogP) is 4.08. The molecule has 6 rings (SSSR count). The molecule has 0 aliphatic carbocycles. The van der Waals surface area contributed by atoms with E-state index in [1.54, 1.807) is 0 Å². The zero-order valence-corrected chi connectivity index (χ0v) is 20.6. The van der Waals surface area contributed by atoms with E-state index in [9.17, 15) is 40.2 Å². The summed E-state index contributed by atoms with van der Waals surface area (Å²) in [5.74, 6) is -4.92. The van der Waals surface area contributed by atoms with Gasteiger partial charge >= 0.3 is 0 Å². The molecule has 4 unspecified atom stereocenters. The molecular weight excluding hydrogens is 520 g/mol. The highest BCUT2D eigenvalue weighted by Crippen LogP contribution is 2.50. The molecule has 0 spiro atoms. The van der Waals surface area contributed by atoms with Gasteiger partial charge in [-0.1, -0.05) is 12.1 Å². The first-order valence-corrected chi connectivity index (χ1v) is 12.2. The Hall–Kier alpha value is -5.38. The first kappa shape index (κ1) is 24.9. The molecular formula is C30H22O10. The number of rotatable bonds is 5. The second-order valence-electron chi connectivity index (χ2n) is 9.71. The second-order valence-corrected chi connectivity index (χ2v) is 9.71. The topological polar surface area (TPSA) is 174 Å². The molecule has 4 atom stereocenters. The SMILES string of the molecule is O=C1c2ccc(O)cc2OC1C(c1ccc(O)c(O)c1)C(c1ccc(O)c(O)c1)C1Oc2cc(O)ccc2C1=O. The molecule has 0 amide bonds. The standard InChI is InChI=1S/C30H22O10/c31-15-3-5-17-23(11-15)39-29(27(17)37)25(13-1-7-19(33)21(35)9-13)26(14-2-8-20(34)22(36)10-14)30-28(38)18-6-4-16(32)12-24(18)40-30/h1-12,25-26,29-36H. The summed E-state index contributed by atoms with van der Waals surface area (Å²) in [6.07, 6.45) is -2.59. The van der Waals surface area contributed by atoms with E-state index in [2.05, 4.69) is 0 Å². The number of Topliss-reactive ketones (excluding diaryl/α,β-unsaturated/α-hetero) is 2. The molecule has 4 aromatic carbocycles. The van der Waals surface area contributed by atoms with Gasteiger partial charge in [0.05, 0.1) is 11.1 Å². The van der Waals surface area contributed by atoms with Crippen molar-refractivity contribution in [1.29, 1.82) is 0 Å². The molecule has 0 saturated heterocycles. The van der Waals surface area contributed by atoms with Crippen LogP contribution in [0, 0.1) is 0 Å². The van der Waals surface area contributed by atoms with E-state index >= 15 is 0 Å². The minimum absolute atomic E-state index is 0.113. The molecule has 40 heavy (non-hydrogen) atoms. The van der Waals surface area contributed by atoms with Crippen molar-refractivity contribution >= 4 is 11.6 Å². The molecule has 6 N–H and O–H groups in total. The van der Waals surface area contributed by atoms with Gasteiger partial charge in [-0.25, -0.2) is 0 Å². The lowest BCUT2D eigenvalue weighted by Crippen LogP contribution is -2.41. The van der Waals surface area contributed by atoms with Gasteiger partial charge in [0.1, 0.15) is 23.0 Å². The summed E-state index contributed by atoms with van der Waals surface area (Å²) in [5, 5.41) is 60.7. The van der Waals surface area contributed by atoms with Crippen LogP contribution in [0.3, 0.4) is 0 Å². The number of aromatic hydroxyl groups is 6. The van der Waals surface area contributed by atoms with Gasteiger partial charge in [-0.05, 0) is 59.7 Å². The fourth-order valence-electron chi connectivity index (χ4n) is 5.42. The predicted molar refractivity (Wildman–Crippen MR) is 139 cm³/mol. The first-order chi connectivity index (χ1) is 19.1. The van der Waals surface area contributed by atoms with Crippen LogP contribution in [-0.2, 0) is 0 Å². The Morgan fingerprint density at radius 1 is 0.500 bits per heavy atom. The highest BCUT2D eigenvalue weighted by molar-refractivity contribution is 6.07. The third-order valence-electron chi connectivity index (χ3n) is 7.29. The number of benzene rings is 4. The third-order valence-corrected chi connectivity index (χ3v) is 7.29. The van der Waals surface area contributed by atoms with Crippen molar-refractivity contribution in [3.63, 3.8) is 0 Å².